The second-order valence-electron chi connectivity index (χ2n) is 2.94. The van der Waals surface area contributed by atoms with E-state index in [1.807, 2.05) is 0 Å². The van der Waals surface area contributed by atoms with Crippen LogP contribution in [0.2, 0.25) is 0 Å². The Morgan fingerprint density at radius 1 is 1.38 bits per heavy atom. The first kappa shape index (κ1) is 14.8. The Balaban J connectivity index is 4.59. The predicted molar refractivity (Wildman–Crippen MR) is 51.0 cm³/mol. The molecular formula is C6H12N2O7S. The normalized spacial score (nSPS) is 15.2. The molecule has 0 fully saturated rings. The van der Waals surface area contributed by atoms with Crippen LogP contribution in [0.5, 0.6) is 0 Å². The minimum absolute atomic E-state index is 0.718. The van der Waals surface area contributed by atoms with Gasteiger partial charge in [-0.1, -0.05) is 0 Å². The fraction of sp³-hybridized carbons (Fsp3) is 0.667. The predicted octanol–water partition coefficient (Wildman–Crippen LogP) is -3.24. The highest BCUT2D eigenvalue weighted by atomic mass is 32.2. The Labute approximate surface area is 91.0 Å². The summed E-state index contributed by atoms with van der Waals surface area (Å²) in [4.78, 5) is 21.6. The monoisotopic (exact) mass is 256 g/mol. The van der Waals surface area contributed by atoms with Crippen LogP contribution in [0.25, 0.3) is 0 Å². The van der Waals surface area contributed by atoms with E-state index in [2.05, 4.69) is 0 Å². The van der Waals surface area contributed by atoms with E-state index in [0.717, 1.165) is 0 Å². The van der Waals surface area contributed by atoms with E-state index in [4.69, 9.17) is 20.5 Å². The van der Waals surface area contributed by atoms with Gasteiger partial charge in [0.15, 0.2) is 0 Å². The zero-order chi connectivity index (χ0) is 12.9. The summed E-state index contributed by atoms with van der Waals surface area (Å²) >= 11 is 0. The van der Waals surface area contributed by atoms with Gasteiger partial charge < -0.3 is 21.3 Å². The Bertz CT molecular complexity index is 365. The van der Waals surface area contributed by atoms with Crippen molar-refractivity contribution in [3.05, 3.63) is 0 Å². The van der Waals surface area contributed by atoms with Gasteiger partial charge >= 0.3 is 5.97 Å². The van der Waals surface area contributed by atoms with Gasteiger partial charge in [0.25, 0.3) is 10.1 Å². The summed E-state index contributed by atoms with van der Waals surface area (Å²) < 4.78 is 29.3. The lowest BCUT2D eigenvalue weighted by Gasteiger charge is -2.15. The third-order valence-electron chi connectivity index (χ3n) is 1.53. The van der Waals surface area contributed by atoms with Gasteiger partial charge in [-0.25, -0.2) is 4.79 Å². The average Bonchev–Trinajstić information content (AvgIpc) is 2.13. The molecule has 0 radical (unpaired) electrons. The van der Waals surface area contributed by atoms with Gasteiger partial charge in [-0.3, -0.25) is 9.35 Å². The molecule has 0 bridgehead atoms. The first-order chi connectivity index (χ1) is 7.17. The number of hydrogen-bond donors (Lipinski definition) is 5. The van der Waals surface area contributed by atoms with Crippen molar-refractivity contribution in [1.82, 2.24) is 5.32 Å². The molecule has 9 nitrogen and oxygen atoms in total. The number of amides is 1. The number of hydrogen-bond acceptors (Lipinski definition) is 6. The maximum atomic E-state index is 11.0. The van der Waals surface area contributed by atoms with Gasteiger partial charge in [-0.15, -0.1) is 0 Å². The van der Waals surface area contributed by atoms with E-state index in [0.29, 0.717) is 0 Å². The number of rotatable bonds is 6. The van der Waals surface area contributed by atoms with Crippen molar-refractivity contribution >= 4 is 22.0 Å². The van der Waals surface area contributed by atoms with E-state index in [1.54, 1.807) is 5.32 Å². The fourth-order valence-electron chi connectivity index (χ4n) is 0.747. The SMILES string of the molecule is N[C@@H](CO)C(=O)N[C@@H](CS(=O)(=O)O)C(=O)O. The molecule has 0 saturated carbocycles. The van der Waals surface area contributed by atoms with Gasteiger partial charge in [0.1, 0.15) is 17.8 Å². The smallest absolute Gasteiger partial charge is 0.327 e. The molecule has 0 aliphatic rings. The van der Waals surface area contributed by atoms with Crippen LogP contribution in [0.1, 0.15) is 0 Å². The second-order valence-corrected chi connectivity index (χ2v) is 4.43. The van der Waals surface area contributed by atoms with Crippen LogP contribution < -0.4 is 11.1 Å². The molecule has 2 atom stereocenters. The molecule has 0 unspecified atom stereocenters. The number of carbonyl (C=O) groups is 2. The van der Waals surface area contributed by atoms with Crippen LogP contribution in [-0.4, -0.2) is 59.5 Å². The third-order valence-corrected chi connectivity index (χ3v) is 2.28. The van der Waals surface area contributed by atoms with Crippen molar-refractivity contribution in [3.8, 4) is 0 Å². The van der Waals surface area contributed by atoms with E-state index >= 15 is 0 Å². The quantitative estimate of drug-likeness (QED) is 0.309. The standard InChI is InChI=1S/C6H12N2O7S/c7-3(1-9)5(10)8-4(6(11)12)2-16(13,14)15/h3-4,9H,1-2,7H2,(H,8,10)(H,11,12)(H,13,14,15)/t3-,4-/m0/s1. The molecule has 0 spiro atoms. The van der Waals surface area contributed by atoms with Gasteiger partial charge in [-0.2, -0.15) is 8.42 Å². The van der Waals surface area contributed by atoms with Crippen molar-refractivity contribution in [2.75, 3.05) is 12.4 Å². The lowest BCUT2D eigenvalue weighted by atomic mass is 10.2. The molecule has 0 rings (SSSR count). The van der Waals surface area contributed by atoms with Crippen molar-refractivity contribution < 1.29 is 32.8 Å². The van der Waals surface area contributed by atoms with Crippen LogP contribution in [0.3, 0.4) is 0 Å². The average molecular weight is 256 g/mol. The van der Waals surface area contributed by atoms with Crippen LogP contribution >= 0.6 is 0 Å². The highest BCUT2D eigenvalue weighted by molar-refractivity contribution is 7.85. The van der Waals surface area contributed by atoms with Gasteiger partial charge in [0, 0.05) is 0 Å². The second kappa shape index (κ2) is 5.75. The topological polar surface area (TPSA) is 167 Å². The summed E-state index contributed by atoms with van der Waals surface area (Å²) in [6.45, 7) is -0.718. The summed E-state index contributed by atoms with van der Waals surface area (Å²) in [5, 5.41) is 18.8. The minimum Gasteiger partial charge on any atom is -0.480 e. The molecule has 0 aliphatic heterocycles. The van der Waals surface area contributed by atoms with E-state index in [1.165, 1.54) is 0 Å². The molecule has 1 amide bonds. The Hall–Kier alpha value is -1.23. The number of carboxylic acid groups (broad SMARTS) is 1. The molecule has 10 heteroatoms. The number of nitrogens with one attached hydrogen (secondary N) is 1. The Morgan fingerprint density at radius 2 is 1.88 bits per heavy atom. The summed E-state index contributed by atoms with van der Waals surface area (Å²) in [6.07, 6.45) is 0. The first-order valence-electron chi connectivity index (χ1n) is 4.02. The highest BCUT2D eigenvalue weighted by Gasteiger charge is 2.27. The fourth-order valence-corrected chi connectivity index (χ4v) is 1.39. The Kier molecular flexibility index (Phi) is 5.30. The minimum atomic E-state index is -4.55. The molecular weight excluding hydrogens is 244 g/mol. The van der Waals surface area contributed by atoms with Crippen molar-refractivity contribution in [2.24, 2.45) is 5.73 Å². The van der Waals surface area contributed by atoms with Crippen molar-refractivity contribution in [3.63, 3.8) is 0 Å². The third kappa shape index (κ3) is 5.60. The molecule has 0 aromatic rings. The molecule has 94 valence electrons. The maximum absolute atomic E-state index is 11.0. The van der Waals surface area contributed by atoms with Crippen molar-refractivity contribution in [2.45, 2.75) is 12.1 Å². The Morgan fingerprint density at radius 3 is 2.19 bits per heavy atom. The van der Waals surface area contributed by atoms with Gasteiger partial charge in [0.05, 0.1) is 6.61 Å². The first-order valence-corrected chi connectivity index (χ1v) is 5.63. The largest absolute Gasteiger partial charge is 0.480 e. The number of carbonyl (C=O) groups excluding carboxylic acids is 1. The molecule has 0 heterocycles. The number of aliphatic hydroxyl groups is 1. The van der Waals surface area contributed by atoms with E-state index in [-0.39, 0.29) is 0 Å². The number of nitrogens with two attached hydrogens (primary N) is 1. The molecule has 0 aliphatic carbocycles. The molecule has 16 heavy (non-hydrogen) atoms. The summed E-state index contributed by atoms with van der Waals surface area (Å²) in [6, 6.07) is -3.18. The number of aliphatic carboxylic acids is 1. The molecule has 0 aromatic heterocycles. The van der Waals surface area contributed by atoms with Crippen molar-refractivity contribution in [1.29, 1.82) is 0 Å². The summed E-state index contributed by atoms with van der Waals surface area (Å²) in [5.41, 5.74) is 5.06. The summed E-state index contributed by atoms with van der Waals surface area (Å²) in [5.74, 6) is -3.85. The van der Waals surface area contributed by atoms with E-state index in [9.17, 15) is 18.0 Å². The lowest BCUT2D eigenvalue weighted by Crippen LogP contribution is -2.52. The molecule has 0 aromatic carbocycles. The van der Waals surface area contributed by atoms with Crippen LogP contribution in [-0.2, 0) is 19.7 Å². The number of aliphatic hydroxyl groups excluding tert-OH is 1. The molecule has 0 saturated heterocycles. The lowest BCUT2D eigenvalue weighted by molar-refractivity contribution is -0.141. The molecule has 6 N–H and O–H groups in total. The zero-order valence-electron chi connectivity index (χ0n) is 8.03. The summed E-state index contributed by atoms with van der Waals surface area (Å²) in [7, 11) is -4.55. The van der Waals surface area contributed by atoms with Crippen LogP contribution in [0.4, 0.5) is 0 Å². The highest BCUT2D eigenvalue weighted by Crippen LogP contribution is 1.93. The van der Waals surface area contributed by atoms with Crippen LogP contribution in [0.15, 0.2) is 0 Å². The van der Waals surface area contributed by atoms with Gasteiger partial charge in [0.2, 0.25) is 5.91 Å². The van der Waals surface area contributed by atoms with Gasteiger partial charge in [-0.05, 0) is 0 Å². The zero-order valence-corrected chi connectivity index (χ0v) is 8.85. The maximum Gasteiger partial charge on any atom is 0.327 e. The van der Waals surface area contributed by atoms with E-state index < -0.39 is 46.4 Å². The van der Waals surface area contributed by atoms with Crippen LogP contribution in [0, 0.1) is 0 Å². The number of carboxylic acids is 1.